The molecular weight excluding hydrogens is 657 g/mol. The highest BCUT2D eigenvalue weighted by Crippen LogP contribution is 2.46. The molecule has 3 heteroatoms. The smallest absolute Gasteiger partial charge is 0.143 e. The summed E-state index contributed by atoms with van der Waals surface area (Å²) in [5, 5.41) is 9.67. The van der Waals surface area contributed by atoms with E-state index in [9.17, 15) is 0 Å². The van der Waals surface area contributed by atoms with Crippen molar-refractivity contribution < 1.29 is 4.42 Å². The molecule has 0 saturated carbocycles. The maximum Gasteiger partial charge on any atom is 0.143 e. The largest absolute Gasteiger partial charge is 0.455 e. The summed E-state index contributed by atoms with van der Waals surface area (Å²) >= 11 is 0. The molecule has 0 N–H and O–H groups in total. The fourth-order valence-corrected chi connectivity index (χ4v) is 8.71. The average Bonchev–Trinajstić information content (AvgIpc) is 3.62. The molecule has 2 heterocycles. The van der Waals surface area contributed by atoms with Gasteiger partial charge in [-0.25, -0.2) is 4.99 Å². The Bertz CT molecular complexity index is 3150. The van der Waals surface area contributed by atoms with Gasteiger partial charge in [-0.3, -0.25) is 0 Å². The second-order valence-corrected chi connectivity index (χ2v) is 14.3. The van der Waals surface area contributed by atoms with Gasteiger partial charge in [0.2, 0.25) is 0 Å². The van der Waals surface area contributed by atoms with Gasteiger partial charge < -0.3 is 9.32 Å². The number of benzene rings is 9. The van der Waals surface area contributed by atoms with Gasteiger partial charge in [-0.2, -0.15) is 0 Å². The summed E-state index contributed by atoms with van der Waals surface area (Å²) in [4.78, 5) is 7.75. The van der Waals surface area contributed by atoms with Crippen molar-refractivity contribution in [1.82, 2.24) is 0 Å². The lowest BCUT2D eigenvalue weighted by atomic mass is 9.91. The molecule has 3 nitrogen and oxygen atoms in total. The van der Waals surface area contributed by atoms with Gasteiger partial charge in [0.05, 0.1) is 23.6 Å². The van der Waals surface area contributed by atoms with E-state index in [1.165, 1.54) is 65.8 Å². The predicted octanol–water partition coefficient (Wildman–Crippen LogP) is 13.6. The molecule has 0 saturated heterocycles. The number of nitrogens with zero attached hydrogens (tertiary/aromatic N) is 2. The molecule has 0 unspecified atom stereocenters. The van der Waals surface area contributed by atoms with Gasteiger partial charge in [0.25, 0.3) is 0 Å². The fraction of sp³-hybridized carbons (Fsp3) is 0.0392. The first-order chi connectivity index (χ1) is 26.7. The first kappa shape index (κ1) is 30.6. The zero-order valence-corrected chi connectivity index (χ0v) is 29.8. The number of likely N-dealkylation sites (N-methyl/N-ethyl adjacent to an activating group) is 1. The quantitative estimate of drug-likeness (QED) is 0.172. The average molecular weight is 691 g/mol. The van der Waals surface area contributed by atoms with Crippen LogP contribution in [0.5, 0.6) is 0 Å². The van der Waals surface area contributed by atoms with Crippen molar-refractivity contribution in [2.45, 2.75) is 0 Å². The second kappa shape index (κ2) is 12.0. The van der Waals surface area contributed by atoms with Gasteiger partial charge in [-0.15, -0.1) is 0 Å². The molecule has 0 aliphatic carbocycles. The van der Waals surface area contributed by atoms with Crippen LogP contribution in [0, 0.1) is 0 Å². The van der Waals surface area contributed by atoms with Gasteiger partial charge >= 0.3 is 0 Å². The summed E-state index contributed by atoms with van der Waals surface area (Å²) in [6, 6.07) is 63.2. The Hall–Kier alpha value is -6.97. The number of hydrogen-bond acceptors (Lipinski definition) is 3. The normalized spacial score (nSPS) is 12.9. The molecular formula is C51H34N2O. The van der Waals surface area contributed by atoms with E-state index in [0.29, 0.717) is 0 Å². The molecule has 254 valence electrons. The van der Waals surface area contributed by atoms with E-state index >= 15 is 0 Å². The maximum atomic E-state index is 6.45. The van der Waals surface area contributed by atoms with Crippen molar-refractivity contribution in [3.63, 3.8) is 0 Å². The minimum Gasteiger partial charge on any atom is -0.455 e. The van der Waals surface area contributed by atoms with Crippen LogP contribution in [0.3, 0.4) is 0 Å². The van der Waals surface area contributed by atoms with Crippen molar-refractivity contribution in [3.05, 3.63) is 181 Å². The molecule has 1 aliphatic rings. The Labute approximate surface area is 313 Å². The van der Waals surface area contributed by atoms with Crippen molar-refractivity contribution >= 4 is 71.3 Å². The molecule has 11 rings (SSSR count). The van der Waals surface area contributed by atoms with Crippen LogP contribution in [0.4, 0.5) is 11.4 Å². The van der Waals surface area contributed by atoms with Crippen LogP contribution >= 0.6 is 0 Å². The Balaban J connectivity index is 0.959. The van der Waals surface area contributed by atoms with E-state index < -0.39 is 0 Å². The second-order valence-electron chi connectivity index (χ2n) is 14.3. The zero-order chi connectivity index (χ0) is 35.8. The predicted molar refractivity (Wildman–Crippen MR) is 228 cm³/mol. The number of para-hydroxylation sites is 2. The standard InChI is InChI=1S/C51H34N2O/c1-53-31-47(52-49-43-17-4-2-14-39(43)40-15-3-5-18-44(40)50(49)53)35-13-8-12-34(30-35)32-26-28-33(29-27-32)36-19-9-21-38-37(36)20-10-22-41(38)45-23-11-24-46-42-16-6-7-25-48(42)54-51(45)46/h2-30H,31H2,1H3. The van der Waals surface area contributed by atoms with Crippen molar-refractivity contribution in [2.24, 2.45) is 4.99 Å². The van der Waals surface area contributed by atoms with Crippen LogP contribution in [0.25, 0.3) is 87.6 Å². The maximum absolute atomic E-state index is 6.45. The van der Waals surface area contributed by atoms with Crippen LogP contribution in [0.15, 0.2) is 185 Å². The minimum absolute atomic E-state index is 0.742. The van der Waals surface area contributed by atoms with E-state index in [-0.39, 0.29) is 0 Å². The number of fused-ring (bicyclic) bond motifs is 10. The SMILES string of the molecule is CN1CC(c2cccc(-c3ccc(-c4cccc5c(-c6cccc7c6oc6ccccc67)cccc45)cc3)c2)=Nc2c1c1ccccc1c1ccccc21. The van der Waals surface area contributed by atoms with E-state index in [4.69, 9.17) is 9.41 Å². The third-order valence-electron chi connectivity index (χ3n) is 11.2. The number of rotatable bonds is 4. The van der Waals surface area contributed by atoms with Gasteiger partial charge in [0.15, 0.2) is 0 Å². The number of aliphatic imine (C=N–C) groups is 1. The summed E-state index contributed by atoms with van der Waals surface area (Å²) in [7, 11) is 2.19. The summed E-state index contributed by atoms with van der Waals surface area (Å²) in [6.45, 7) is 0.742. The Morgan fingerprint density at radius 2 is 0.981 bits per heavy atom. The first-order valence-corrected chi connectivity index (χ1v) is 18.6. The monoisotopic (exact) mass is 690 g/mol. The summed E-state index contributed by atoms with van der Waals surface area (Å²) in [5.41, 5.74) is 13.4. The number of anilines is 1. The lowest BCUT2D eigenvalue weighted by Gasteiger charge is -2.29. The highest BCUT2D eigenvalue weighted by atomic mass is 16.3. The molecule has 0 radical (unpaired) electrons. The van der Waals surface area contributed by atoms with Crippen molar-refractivity contribution in [3.8, 4) is 33.4 Å². The molecule has 54 heavy (non-hydrogen) atoms. The molecule has 0 amide bonds. The highest BCUT2D eigenvalue weighted by molar-refractivity contribution is 6.23. The van der Waals surface area contributed by atoms with E-state index in [1.54, 1.807) is 0 Å². The molecule has 1 aliphatic heterocycles. The van der Waals surface area contributed by atoms with E-state index in [0.717, 1.165) is 51.0 Å². The van der Waals surface area contributed by atoms with Crippen LogP contribution in [-0.2, 0) is 0 Å². The third-order valence-corrected chi connectivity index (χ3v) is 11.2. The first-order valence-electron chi connectivity index (χ1n) is 18.6. The lowest BCUT2D eigenvalue weighted by Crippen LogP contribution is -2.29. The van der Waals surface area contributed by atoms with Crippen LogP contribution in [0.1, 0.15) is 5.56 Å². The summed E-state index contributed by atoms with van der Waals surface area (Å²) in [5.74, 6) is 0. The van der Waals surface area contributed by atoms with Gasteiger partial charge in [0.1, 0.15) is 11.2 Å². The molecule has 10 aromatic rings. The summed E-state index contributed by atoms with van der Waals surface area (Å²) in [6.07, 6.45) is 0. The van der Waals surface area contributed by atoms with Crippen LogP contribution in [0.2, 0.25) is 0 Å². The van der Waals surface area contributed by atoms with E-state index in [2.05, 4.69) is 176 Å². The fourth-order valence-electron chi connectivity index (χ4n) is 8.71. The number of furan rings is 1. The minimum atomic E-state index is 0.742. The van der Waals surface area contributed by atoms with Gasteiger partial charge in [0, 0.05) is 34.2 Å². The van der Waals surface area contributed by atoms with Crippen LogP contribution < -0.4 is 4.90 Å². The molecule has 0 atom stereocenters. The molecule has 1 aromatic heterocycles. The Kier molecular flexibility index (Phi) is 6.83. The zero-order valence-electron chi connectivity index (χ0n) is 29.8. The van der Waals surface area contributed by atoms with E-state index in [1.807, 2.05) is 12.1 Å². The Morgan fingerprint density at radius 3 is 1.78 bits per heavy atom. The summed E-state index contributed by atoms with van der Waals surface area (Å²) < 4.78 is 6.45. The highest BCUT2D eigenvalue weighted by Gasteiger charge is 2.23. The lowest BCUT2D eigenvalue weighted by molar-refractivity contribution is 0.670. The third kappa shape index (κ3) is 4.72. The van der Waals surface area contributed by atoms with Gasteiger partial charge in [-0.05, 0) is 67.1 Å². The molecule has 0 spiro atoms. The van der Waals surface area contributed by atoms with Crippen molar-refractivity contribution in [2.75, 3.05) is 18.5 Å². The molecule has 0 bridgehead atoms. The molecule has 9 aromatic carbocycles. The topological polar surface area (TPSA) is 28.7 Å². The van der Waals surface area contributed by atoms with Crippen molar-refractivity contribution in [1.29, 1.82) is 0 Å². The molecule has 0 fully saturated rings. The van der Waals surface area contributed by atoms with Crippen LogP contribution in [-0.4, -0.2) is 19.3 Å². The Morgan fingerprint density at radius 1 is 0.426 bits per heavy atom. The number of hydrogen-bond donors (Lipinski definition) is 0. The van der Waals surface area contributed by atoms with Gasteiger partial charge in [-0.1, -0.05) is 164 Å².